The molecule has 0 radical (unpaired) electrons. The minimum absolute atomic E-state index is 0.249. The molecule has 2 heterocycles. The Labute approximate surface area is 162 Å². The molecule has 0 saturated heterocycles. The van der Waals surface area contributed by atoms with Gasteiger partial charge in [-0.25, -0.2) is 4.98 Å². The van der Waals surface area contributed by atoms with Gasteiger partial charge in [-0.1, -0.05) is 42.5 Å². The molecule has 28 heavy (non-hydrogen) atoms. The summed E-state index contributed by atoms with van der Waals surface area (Å²) in [5, 5.41) is 7.68. The lowest BCUT2D eigenvalue weighted by Crippen LogP contribution is -2.05. The number of nitrogens with one attached hydrogen (secondary N) is 2. The summed E-state index contributed by atoms with van der Waals surface area (Å²) in [6.07, 6.45) is 0. The first-order chi connectivity index (χ1) is 13.8. The predicted octanol–water partition coefficient (Wildman–Crippen LogP) is 4.71. The summed E-state index contributed by atoms with van der Waals surface area (Å²) < 4.78 is 10.8. The first-order valence-corrected chi connectivity index (χ1v) is 9.06. The molecule has 6 heteroatoms. The molecule has 4 aromatic rings. The molecule has 1 aliphatic heterocycles. The zero-order valence-electron chi connectivity index (χ0n) is 15.1. The van der Waals surface area contributed by atoms with E-state index in [1.165, 1.54) is 5.56 Å². The SMILES string of the molecule is c1ccc(CNc2nc(Nc3ccc4c(c3)OCO4)nc3ccccc23)cc1. The largest absolute Gasteiger partial charge is 0.454 e. The lowest BCUT2D eigenvalue weighted by atomic mass is 10.2. The molecular formula is C22H18N4O2. The number of nitrogens with zero attached hydrogens (tertiary/aromatic N) is 2. The maximum atomic E-state index is 5.44. The molecule has 0 aliphatic carbocycles. The molecular weight excluding hydrogens is 352 g/mol. The van der Waals surface area contributed by atoms with Gasteiger partial charge in [-0.05, 0) is 29.8 Å². The monoisotopic (exact) mass is 370 g/mol. The molecule has 5 rings (SSSR count). The Morgan fingerprint density at radius 1 is 0.821 bits per heavy atom. The van der Waals surface area contributed by atoms with Gasteiger partial charge >= 0.3 is 0 Å². The van der Waals surface area contributed by atoms with Crippen LogP contribution >= 0.6 is 0 Å². The van der Waals surface area contributed by atoms with Gasteiger partial charge in [-0.3, -0.25) is 0 Å². The smallest absolute Gasteiger partial charge is 0.231 e. The van der Waals surface area contributed by atoms with Gasteiger partial charge in [0.1, 0.15) is 5.82 Å². The normalized spacial score (nSPS) is 12.1. The number of anilines is 3. The van der Waals surface area contributed by atoms with Gasteiger partial charge in [0.15, 0.2) is 11.5 Å². The van der Waals surface area contributed by atoms with Crippen LogP contribution < -0.4 is 20.1 Å². The number of ether oxygens (including phenoxy) is 2. The van der Waals surface area contributed by atoms with Crippen molar-refractivity contribution in [2.45, 2.75) is 6.54 Å². The maximum Gasteiger partial charge on any atom is 0.231 e. The highest BCUT2D eigenvalue weighted by atomic mass is 16.7. The lowest BCUT2D eigenvalue weighted by Gasteiger charge is -2.12. The Balaban J connectivity index is 1.46. The van der Waals surface area contributed by atoms with E-state index in [-0.39, 0.29) is 6.79 Å². The summed E-state index contributed by atoms with van der Waals surface area (Å²) in [5.41, 5.74) is 2.90. The molecule has 2 N–H and O–H groups in total. The average molecular weight is 370 g/mol. The first kappa shape index (κ1) is 16.4. The fraction of sp³-hybridized carbons (Fsp3) is 0.0909. The number of fused-ring (bicyclic) bond motifs is 2. The fourth-order valence-corrected chi connectivity index (χ4v) is 3.15. The van der Waals surface area contributed by atoms with Gasteiger partial charge in [0.2, 0.25) is 12.7 Å². The third-order valence-corrected chi connectivity index (χ3v) is 4.53. The zero-order valence-corrected chi connectivity index (χ0v) is 15.1. The molecule has 1 aliphatic rings. The molecule has 0 saturated carbocycles. The van der Waals surface area contributed by atoms with Crippen LogP contribution in [0.3, 0.4) is 0 Å². The first-order valence-electron chi connectivity index (χ1n) is 9.06. The number of hydrogen-bond acceptors (Lipinski definition) is 6. The van der Waals surface area contributed by atoms with E-state index in [1.54, 1.807) is 0 Å². The Morgan fingerprint density at radius 2 is 1.64 bits per heavy atom. The highest BCUT2D eigenvalue weighted by Gasteiger charge is 2.14. The van der Waals surface area contributed by atoms with E-state index >= 15 is 0 Å². The molecule has 0 bridgehead atoms. The third-order valence-electron chi connectivity index (χ3n) is 4.53. The zero-order chi connectivity index (χ0) is 18.8. The van der Waals surface area contributed by atoms with Crippen molar-refractivity contribution in [3.8, 4) is 11.5 Å². The van der Waals surface area contributed by atoms with Gasteiger partial charge in [-0.2, -0.15) is 4.98 Å². The fourth-order valence-electron chi connectivity index (χ4n) is 3.15. The molecule has 138 valence electrons. The van der Waals surface area contributed by atoms with E-state index in [0.29, 0.717) is 18.2 Å². The number of rotatable bonds is 5. The molecule has 0 amide bonds. The van der Waals surface area contributed by atoms with Gasteiger partial charge in [0.05, 0.1) is 5.52 Å². The minimum Gasteiger partial charge on any atom is -0.454 e. The van der Waals surface area contributed by atoms with Gasteiger partial charge in [0, 0.05) is 23.7 Å². The van der Waals surface area contributed by atoms with Crippen LogP contribution in [0.5, 0.6) is 11.5 Å². The second kappa shape index (κ2) is 7.08. The van der Waals surface area contributed by atoms with Crippen LogP contribution in [0, 0.1) is 0 Å². The lowest BCUT2D eigenvalue weighted by molar-refractivity contribution is 0.174. The number of hydrogen-bond donors (Lipinski definition) is 2. The minimum atomic E-state index is 0.249. The van der Waals surface area contributed by atoms with Crippen molar-refractivity contribution in [1.29, 1.82) is 0 Å². The Bertz CT molecular complexity index is 1130. The van der Waals surface area contributed by atoms with Crippen LogP contribution in [-0.4, -0.2) is 16.8 Å². The van der Waals surface area contributed by atoms with Crippen molar-refractivity contribution in [3.63, 3.8) is 0 Å². The predicted molar refractivity (Wildman–Crippen MR) is 109 cm³/mol. The van der Waals surface area contributed by atoms with Crippen molar-refractivity contribution in [3.05, 3.63) is 78.4 Å². The van der Waals surface area contributed by atoms with E-state index in [0.717, 1.165) is 28.2 Å². The van der Waals surface area contributed by atoms with Crippen LogP contribution in [0.4, 0.5) is 17.5 Å². The summed E-state index contributed by atoms with van der Waals surface area (Å²) in [7, 11) is 0. The number of para-hydroxylation sites is 1. The van der Waals surface area contributed by atoms with E-state index in [2.05, 4.69) is 27.8 Å². The Kier molecular flexibility index (Phi) is 4.14. The Hall–Kier alpha value is -3.80. The van der Waals surface area contributed by atoms with Crippen molar-refractivity contribution in [1.82, 2.24) is 9.97 Å². The maximum absolute atomic E-state index is 5.44. The summed E-state index contributed by atoms with van der Waals surface area (Å²) in [6, 6.07) is 23.9. The van der Waals surface area contributed by atoms with E-state index < -0.39 is 0 Å². The molecule has 0 spiro atoms. The molecule has 1 aromatic heterocycles. The van der Waals surface area contributed by atoms with Gasteiger partial charge in [-0.15, -0.1) is 0 Å². The average Bonchev–Trinajstić information content (AvgIpc) is 3.21. The van der Waals surface area contributed by atoms with Crippen LogP contribution in [0.25, 0.3) is 10.9 Å². The topological polar surface area (TPSA) is 68.3 Å². The highest BCUT2D eigenvalue weighted by molar-refractivity contribution is 5.90. The molecule has 0 atom stereocenters. The standard InChI is InChI=1S/C22H18N4O2/c1-2-6-15(7-3-1)13-23-21-17-8-4-5-9-18(17)25-22(26-21)24-16-10-11-19-20(12-16)28-14-27-19/h1-12H,13-14H2,(H2,23,24,25,26). The second-order valence-corrected chi connectivity index (χ2v) is 6.45. The van der Waals surface area contributed by atoms with E-state index in [4.69, 9.17) is 14.5 Å². The molecule has 0 fully saturated rings. The second-order valence-electron chi connectivity index (χ2n) is 6.45. The summed E-state index contributed by atoms with van der Waals surface area (Å²) in [5.74, 6) is 2.77. The summed E-state index contributed by atoms with van der Waals surface area (Å²) in [6.45, 7) is 0.935. The summed E-state index contributed by atoms with van der Waals surface area (Å²) >= 11 is 0. The van der Waals surface area contributed by atoms with Crippen molar-refractivity contribution in [2.75, 3.05) is 17.4 Å². The van der Waals surface area contributed by atoms with Crippen LogP contribution in [0.1, 0.15) is 5.56 Å². The van der Waals surface area contributed by atoms with E-state index in [9.17, 15) is 0 Å². The Morgan fingerprint density at radius 3 is 2.57 bits per heavy atom. The quantitative estimate of drug-likeness (QED) is 0.530. The molecule has 0 unspecified atom stereocenters. The van der Waals surface area contributed by atoms with Gasteiger partial charge < -0.3 is 20.1 Å². The van der Waals surface area contributed by atoms with Crippen LogP contribution in [0.15, 0.2) is 72.8 Å². The highest BCUT2D eigenvalue weighted by Crippen LogP contribution is 2.35. The van der Waals surface area contributed by atoms with Crippen LogP contribution in [-0.2, 0) is 6.54 Å². The molecule has 6 nitrogen and oxygen atoms in total. The van der Waals surface area contributed by atoms with Crippen LogP contribution in [0.2, 0.25) is 0 Å². The summed E-state index contributed by atoms with van der Waals surface area (Å²) in [4.78, 5) is 9.34. The molecule has 3 aromatic carbocycles. The van der Waals surface area contributed by atoms with Crippen molar-refractivity contribution >= 4 is 28.4 Å². The van der Waals surface area contributed by atoms with E-state index in [1.807, 2.05) is 60.7 Å². The number of aromatic nitrogens is 2. The van der Waals surface area contributed by atoms with Crippen molar-refractivity contribution in [2.24, 2.45) is 0 Å². The van der Waals surface area contributed by atoms with Crippen molar-refractivity contribution < 1.29 is 9.47 Å². The van der Waals surface area contributed by atoms with Gasteiger partial charge in [0.25, 0.3) is 0 Å². The number of benzene rings is 3. The third kappa shape index (κ3) is 3.27.